The third-order valence-corrected chi connectivity index (χ3v) is 6.40. The second-order valence-electron chi connectivity index (χ2n) is 7.14. The molecule has 0 bridgehead atoms. The fourth-order valence-corrected chi connectivity index (χ4v) is 4.55. The van der Waals surface area contributed by atoms with E-state index in [0.29, 0.717) is 44.6 Å². The largest absolute Gasteiger partial charge is 0.494 e. The zero-order valence-electron chi connectivity index (χ0n) is 16.3. The van der Waals surface area contributed by atoms with Crippen LogP contribution in [-0.4, -0.2) is 33.2 Å². The number of amides is 1. The Morgan fingerprint density at radius 2 is 2.03 bits per heavy atom. The van der Waals surface area contributed by atoms with Crippen LogP contribution < -0.4 is 10.1 Å². The van der Waals surface area contributed by atoms with Crippen molar-refractivity contribution in [2.75, 3.05) is 12.4 Å². The van der Waals surface area contributed by atoms with Crippen LogP contribution in [0.15, 0.2) is 24.5 Å². The number of rotatable bonds is 5. The maximum atomic E-state index is 13.0. The van der Waals surface area contributed by atoms with E-state index in [0.717, 1.165) is 17.1 Å². The fraction of sp³-hybridized carbons (Fsp3) is 0.350. The van der Waals surface area contributed by atoms with Crippen LogP contribution in [0.1, 0.15) is 46.7 Å². The van der Waals surface area contributed by atoms with Crippen LogP contribution in [0, 0.1) is 12.8 Å². The molecule has 3 aromatic heterocycles. The van der Waals surface area contributed by atoms with E-state index >= 15 is 0 Å². The number of carbonyl (C=O) groups excluding carboxylic acids is 1. The predicted octanol–water partition coefficient (Wildman–Crippen LogP) is 4.73. The van der Waals surface area contributed by atoms with E-state index in [9.17, 15) is 4.79 Å². The van der Waals surface area contributed by atoms with E-state index in [-0.39, 0.29) is 5.91 Å². The number of carbonyl (C=O) groups is 1. The molecule has 4 rings (SSSR count). The maximum absolute atomic E-state index is 13.0. The molecular weight excluding hydrogens is 410 g/mol. The summed E-state index contributed by atoms with van der Waals surface area (Å²) in [5, 5.41) is 13.0. The van der Waals surface area contributed by atoms with E-state index in [1.807, 2.05) is 13.0 Å². The Labute approximate surface area is 177 Å². The Balaban J connectivity index is 1.65. The minimum Gasteiger partial charge on any atom is -0.494 e. The third kappa shape index (κ3) is 3.95. The minimum absolute atomic E-state index is 0.310. The summed E-state index contributed by atoms with van der Waals surface area (Å²) in [6.45, 7) is 4.07. The Morgan fingerprint density at radius 1 is 1.21 bits per heavy atom. The normalized spacial score (nSPS) is 18.2. The first-order chi connectivity index (χ1) is 14.0. The van der Waals surface area contributed by atoms with Crippen LogP contribution in [0.25, 0.3) is 11.1 Å². The monoisotopic (exact) mass is 429 g/mol. The molecule has 1 aliphatic rings. The van der Waals surface area contributed by atoms with Crippen LogP contribution in [0.2, 0.25) is 5.15 Å². The van der Waals surface area contributed by atoms with Gasteiger partial charge in [-0.05, 0) is 37.8 Å². The van der Waals surface area contributed by atoms with Gasteiger partial charge in [0.25, 0.3) is 5.91 Å². The SMILES string of the molecule is COc1cnc(Cl)cc1-c1cc(C)ncc1C(=O)Nc1nnc([C@@H]2CC[C@@H]2C)s1. The average molecular weight is 430 g/mol. The van der Waals surface area contributed by atoms with Crippen LogP contribution in [0.3, 0.4) is 0 Å². The third-order valence-electron chi connectivity index (χ3n) is 5.23. The molecule has 0 aliphatic heterocycles. The summed E-state index contributed by atoms with van der Waals surface area (Å²) in [4.78, 5) is 21.4. The highest BCUT2D eigenvalue weighted by molar-refractivity contribution is 7.15. The lowest BCUT2D eigenvalue weighted by Crippen LogP contribution is -2.20. The number of methoxy groups -OCH3 is 1. The van der Waals surface area contributed by atoms with Gasteiger partial charge in [-0.1, -0.05) is 29.9 Å². The topological polar surface area (TPSA) is 89.9 Å². The van der Waals surface area contributed by atoms with Crippen molar-refractivity contribution in [2.24, 2.45) is 5.92 Å². The number of anilines is 1. The molecule has 1 fully saturated rings. The van der Waals surface area contributed by atoms with E-state index in [4.69, 9.17) is 16.3 Å². The summed E-state index contributed by atoms with van der Waals surface area (Å²) in [6, 6.07) is 3.50. The molecule has 9 heteroatoms. The van der Waals surface area contributed by atoms with E-state index in [1.54, 1.807) is 19.4 Å². The summed E-state index contributed by atoms with van der Waals surface area (Å²) in [6.07, 6.45) is 5.41. The van der Waals surface area contributed by atoms with Crippen molar-refractivity contribution in [1.82, 2.24) is 20.2 Å². The molecule has 0 unspecified atom stereocenters. The molecule has 150 valence electrons. The molecular formula is C20H20ClN5O2S. The molecule has 0 spiro atoms. The van der Waals surface area contributed by atoms with Crippen molar-refractivity contribution < 1.29 is 9.53 Å². The fourth-order valence-electron chi connectivity index (χ4n) is 3.39. The lowest BCUT2D eigenvalue weighted by molar-refractivity contribution is 0.102. The number of aryl methyl sites for hydroxylation is 1. The van der Waals surface area contributed by atoms with Crippen molar-refractivity contribution >= 4 is 34.0 Å². The average Bonchev–Trinajstić information content (AvgIpc) is 3.13. The van der Waals surface area contributed by atoms with E-state index in [2.05, 4.69) is 32.4 Å². The van der Waals surface area contributed by atoms with Crippen LogP contribution in [0.5, 0.6) is 5.75 Å². The Bertz CT molecular complexity index is 1070. The highest BCUT2D eigenvalue weighted by Crippen LogP contribution is 2.43. The van der Waals surface area contributed by atoms with Gasteiger partial charge in [-0.25, -0.2) is 4.98 Å². The van der Waals surface area contributed by atoms with Gasteiger partial charge >= 0.3 is 0 Å². The summed E-state index contributed by atoms with van der Waals surface area (Å²) >= 11 is 7.52. The van der Waals surface area contributed by atoms with Crippen LogP contribution in [-0.2, 0) is 0 Å². The summed E-state index contributed by atoms with van der Waals surface area (Å²) < 4.78 is 5.41. The lowest BCUT2D eigenvalue weighted by Gasteiger charge is -2.31. The summed E-state index contributed by atoms with van der Waals surface area (Å²) in [5.41, 5.74) is 2.49. The van der Waals surface area contributed by atoms with Gasteiger partial charge in [0.05, 0.1) is 18.9 Å². The van der Waals surface area contributed by atoms with E-state index < -0.39 is 0 Å². The van der Waals surface area contributed by atoms with Crippen molar-refractivity contribution in [3.8, 4) is 16.9 Å². The van der Waals surface area contributed by atoms with Gasteiger partial charge in [-0.2, -0.15) is 0 Å². The predicted molar refractivity (Wildman–Crippen MR) is 113 cm³/mol. The van der Waals surface area contributed by atoms with Gasteiger partial charge in [0.1, 0.15) is 15.9 Å². The quantitative estimate of drug-likeness (QED) is 0.589. The molecule has 1 N–H and O–H groups in total. The molecule has 0 saturated heterocycles. The van der Waals surface area contributed by atoms with Gasteiger partial charge in [-0.15, -0.1) is 10.2 Å². The molecule has 1 aliphatic carbocycles. The maximum Gasteiger partial charge on any atom is 0.259 e. The van der Waals surface area contributed by atoms with E-state index in [1.165, 1.54) is 24.0 Å². The second-order valence-corrected chi connectivity index (χ2v) is 8.54. The molecule has 0 aromatic carbocycles. The molecule has 2 atom stereocenters. The first kappa shape index (κ1) is 19.7. The van der Waals surface area contributed by atoms with Gasteiger partial charge in [0.15, 0.2) is 0 Å². The van der Waals surface area contributed by atoms with Crippen molar-refractivity contribution in [1.29, 1.82) is 0 Å². The number of halogens is 1. The van der Waals surface area contributed by atoms with Gasteiger partial charge in [-0.3, -0.25) is 15.1 Å². The van der Waals surface area contributed by atoms with Gasteiger partial charge < -0.3 is 4.74 Å². The first-order valence-electron chi connectivity index (χ1n) is 9.27. The number of hydrogen-bond donors (Lipinski definition) is 1. The number of ether oxygens (including phenoxy) is 1. The summed E-state index contributed by atoms with van der Waals surface area (Å²) in [7, 11) is 1.55. The Hall–Kier alpha value is -2.58. The van der Waals surface area contributed by atoms with Gasteiger partial charge in [0, 0.05) is 28.9 Å². The van der Waals surface area contributed by atoms with Gasteiger partial charge in [0.2, 0.25) is 5.13 Å². The minimum atomic E-state index is -0.313. The Kier molecular flexibility index (Phi) is 5.47. The standard InChI is InChI=1S/C20H20ClN5O2S/c1-10-4-5-12(10)19-25-26-20(29-19)24-18(27)15-8-22-11(2)6-13(15)14-7-17(21)23-9-16(14)28-3/h6-10,12H,4-5H2,1-3H3,(H,24,26,27)/t10-,12+/m0/s1. The zero-order valence-corrected chi connectivity index (χ0v) is 17.8. The number of nitrogens with one attached hydrogen (secondary N) is 1. The molecule has 0 radical (unpaired) electrons. The number of hydrogen-bond acceptors (Lipinski definition) is 7. The molecule has 29 heavy (non-hydrogen) atoms. The molecule has 7 nitrogen and oxygen atoms in total. The summed E-state index contributed by atoms with van der Waals surface area (Å²) in [5.74, 6) is 1.26. The van der Waals surface area contributed by atoms with Crippen LogP contribution in [0.4, 0.5) is 5.13 Å². The first-order valence-corrected chi connectivity index (χ1v) is 10.5. The molecule has 1 saturated carbocycles. The molecule has 1 amide bonds. The highest BCUT2D eigenvalue weighted by Gasteiger charge is 2.31. The molecule has 3 aromatic rings. The highest BCUT2D eigenvalue weighted by atomic mass is 35.5. The smallest absolute Gasteiger partial charge is 0.259 e. The number of nitrogens with zero attached hydrogens (tertiary/aromatic N) is 4. The van der Waals surface area contributed by atoms with Crippen molar-refractivity contribution in [3.05, 3.63) is 45.9 Å². The molecule has 3 heterocycles. The second kappa shape index (κ2) is 8.04. The van der Waals surface area contributed by atoms with Crippen LogP contribution >= 0.6 is 22.9 Å². The van der Waals surface area contributed by atoms with Crippen molar-refractivity contribution in [3.63, 3.8) is 0 Å². The Morgan fingerprint density at radius 3 is 2.72 bits per heavy atom. The lowest BCUT2D eigenvalue weighted by atomic mass is 9.75. The number of aromatic nitrogens is 4. The van der Waals surface area contributed by atoms with Crippen molar-refractivity contribution in [2.45, 2.75) is 32.6 Å². The number of pyridine rings is 2. The zero-order chi connectivity index (χ0) is 20.5.